The largest absolute Gasteiger partial charge is 0.457 e. The van der Waals surface area contributed by atoms with Crippen molar-refractivity contribution in [3.63, 3.8) is 0 Å². The molecular weight excluding hydrogens is 737 g/mol. The highest BCUT2D eigenvalue weighted by molar-refractivity contribution is 5.48. The van der Waals surface area contributed by atoms with Crippen molar-refractivity contribution >= 4 is 0 Å². The van der Waals surface area contributed by atoms with Gasteiger partial charge in [-0.2, -0.15) is 0 Å². The van der Waals surface area contributed by atoms with Crippen LogP contribution in [0.4, 0.5) is 0 Å². The van der Waals surface area contributed by atoms with Gasteiger partial charge in [0.05, 0.1) is 0 Å². The van der Waals surface area contributed by atoms with Crippen molar-refractivity contribution in [3.05, 3.63) is 201 Å². The summed E-state index contributed by atoms with van der Waals surface area (Å²) in [5, 5.41) is 0. The van der Waals surface area contributed by atoms with E-state index in [0.29, 0.717) is 0 Å². The smallest absolute Gasteiger partial charge is 0.127 e. The second kappa shape index (κ2) is 20.2. The molecule has 2 heterocycles. The minimum absolute atomic E-state index is 0.166. The fourth-order valence-corrected chi connectivity index (χ4v) is 7.89. The molecule has 60 heavy (non-hydrogen) atoms. The minimum Gasteiger partial charge on any atom is -0.457 e. The first-order valence-electron chi connectivity index (χ1n) is 21.4. The molecule has 5 aromatic carbocycles. The van der Waals surface area contributed by atoms with Crippen LogP contribution in [0.1, 0.15) is 114 Å². The van der Waals surface area contributed by atoms with E-state index in [9.17, 15) is 0 Å². The molecule has 6 heteroatoms. The zero-order valence-electron chi connectivity index (χ0n) is 37.0. The summed E-state index contributed by atoms with van der Waals surface area (Å²) in [6, 6.07) is 39.6. The Kier molecular flexibility index (Phi) is 14.6. The van der Waals surface area contributed by atoms with Crippen molar-refractivity contribution in [3.8, 4) is 23.0 Å². The van der Waals surface area contributed by atoms with E-state index in [-0.39, 0.29) is 5.41 Å². The highest BCUT2D eigenvalue weighted by Gasteiger charge is 2.23. The van der Waals surface area contributed by atoms with Gasteiger partial charge in [0, 0.05) is 41.0 Å². The van der Waals surface area contributed by atoms with Gasteiger partial charge in [-0.15, -0.1) is 0 Å². The van der Waals surface area contributed by atoms with Crippen molar-refractivity contribution in [1.82, 2.24) is 19.9 Å². The van der Waals surface area contributed by atoms with Gasteiger partial charge in [0.15, 0.2) is 0 Å². The number of hydrogen-bond acceptors (Lipinski definition) is 6. The van der Waals surface area contributed by atoms with Crippen LogP contribution in [0.5, 0.6) is 23.0 Å². The number of ether oxygens (including phenoxy) is 2. The van der Waals surface area contributed by atoms with Gasteiger partial charge in [-0.05, 0) is 157 Å². The topological polar surface area (TPSA) is 70.0 Å². The molecule has 0 amide bonds. The maximum absolute atomic E-state index is 6.12. The van der Waals surface area contributed by atoms with Gasteiger partial charge in [0.2, 0.25) is 0 Å². The minimum atomic E-state index is -0.166. The molecule has 0 radical (unpaired) electrons. The summed E-state index contributed by atoms with van der Waals surface area (Å²) >= 11 is 0. The molecule has 0 atom stereocenters. The van der Waals surface area contributed by atoms with Crippen LogP contribution in [0.25, 0.3) is 0 Å². The van der Waals surface area contributed by atoms with Gasteiger partial charge in [0.1, 0.15) is 35.7 Å². The van der Waals surface area contributed by atoms with Crippen LogP contribution in [0.3, 0.4) is 0 Å². The number of benzene rings is 5. The number of nitrogens with zero attached hydrogens (tertiary/aromatic N) is 4. The second-order valence-corrected chi connectivity index (χ2v) is 16.0. The third-order valence-corrected chi connectivity index (χ3v) is 11.4. The Balaban J connectivity index is 0.000000243. The predicted octanol–water partition coefficient (Wildman–Crippen LogP) is 13.2. The third kappa shape index (κ3) is 11.1. The summed E-state index contributed by atoms with van der Waals surface area (Å²) < 4.78 is 12.2. The SMILES string of the molecule is CCc1cc(C)c(CC)c(CC)c1Cc1cc(C)ncn1.CCc1ccc(Oc2ccc(C(C)(C)c3ccc(Oc4ccc(Cc5cc(C)ncn5)cc4)cc3)cc2)cc1. The fourth-order valence-electron chi connectivity index (χ4n) is 7.89. The molecular formula is C54H60N4O2. The van der Waals surface area contributed by atoms with Crippen LogP contribution >= 0.6 is 0 Å². The Morgan fingerprint density at radius 1 is 0.433 bits per heavy atom. The Morgan fingerprint density at radius 3 is 1.28 bits per heavy atom. The lowest BCUT2D eigenvalue weighted by molar-refractivity contribution is 0.481. The molecule has 0 spiro atoms. The zero-order chi connectivity index (χ0) is 42.6. The Hall–Kier alpha value is -6.14. The maximum Gasteiger partial charge on any atom is 0.127 e. The molecule has 2 aromatic heterocycles. The summed E-state index contributed by atoms with van der Waals surface area (Å²) in [6.07, 6.45) is 9.29. The van der Waals surface area contributed by atoms with Crippen LogP contribution in [0.15, 0.2) is 128 Å². The van der Waals surface area contributed by atoms with Gasteiger partial charge < -0.3 is 9.47 Å². The summed E-state index contributed by atoms with van der Waals surface area (Å²) in [4.78, 5) is 17.2. The molecule has 0 saturated heterocycles. The van der Waals surface area contributed by atoms with Crippen molar-refractivity contribution < 1.29 is 9.47 Å². The molecule has 0 saturated carbocycles. The molecule has 7 aromatic rings. The normalized spacial score (nSPS) is 11.2. The molecule has 0 fully saturated rings. The highest BCUT2D eigenvalue weighted by atomic mass is 16.5. The van der Waals surface area contributed by atoms with Crippen LogP contribution in [0.2, 0.25) is 0 Å². The van der Waals surface area contributed by atoms with Crippen LogP contribution < -0.4 is 9.47 Å². The van der Waals surface area contributed by atoms with E-state index >= 15 is 0 Å². The molecule has 0 aliphatic carbocycles. The first-order valence-corrected chi connectivity index (χ1v) is 21.4. The number of rotatable bonds is 14. The van der Waals surface area contributed by atoms with E-state index < -0.39 is 0 Å². The van der Waals surface area contributed by atoms with Gasteiger partial charge in [-0.25, -0.2) is 19.9 Å². The van der Waals surface area contributed by atoms with Gasteiger partial charge in [-0.1, -0.05) is 96.1 Å². The van der Waals surface area contributed by atoms with Crippen LogP contribution in [-0.2, 0) is 43.9 Å². The van der Waals surface area contributed by atoms with E-state index in [0.717, 1.165) is 84.3 Å². The Bertz CT molecular complexity index is 2450. The third-order valence-electron chi connectivity index (χ3n) is 11.4. The standard InChI is InChI=1S/C35H34N2O2.C19H26N2/c1-5-26-6-14-31(15-7-26)38-33-18-10-28(11-19-33)35(3,4)29-12-20-34(21-13-29)39-32-16-8-27(9-17-32)23-30-22-25(2)36-24-37-30;1-6-15-9-13(4)17(7-2)18(8-3)19(15)11-16-10-14(5)20-12-21-16/h6-22,24H,5,23H2,1-4H3;9-10,12H,6-8,11H2,1-5H3. The van der Waals surface area contributed by atoms with Crippen molar-refractivity contribution in [2.24, 2.45) is 0 Å². The zero-order valence-corrected chi connectivity index (χ0v) is 37.0. The first kappa shape index (κ1) is 43.4. The molecule has 0 aliphatic rings. The van der Waals surface area contributed by atoms with Gasteiger partial charge in [0.25, 0.3) is 0 Å². The summed E-state index contributed by atoms with van der Waals surface area (Å²) in [5.74, 6) is 3.31. The van der Waals surface area contributed by atoms with E-state index in [1.165, 1.54) is 50.1 Å². The molecule has 6 nitrogen and oxygen atoms in total. The Morgan fingerprint density at radius 2 is 0.867 bits per heavy atom. The molecule has 0 unspecified atom stereocenters. The van der Waals surface area contributed by atoms with E-state index in [1.54, 1.807) is 12.7 Å². The second-order valence-electron chi connectivity index (χ2n) is 16.0. The summed E-state index contributed by atoms with van der Waals surface area (Å²) in [5.41, 5.74) is 16.4. The lowest BCUT2D eigenvalue weighted by Crippen LogP contribution is -2.18. The van der Waals surface area contributed by atoms with Gasteiger partial charge >= 0.3 is 0 Å². The number of aryl methyl sites for hydroxylation is 5. The van der Waals surface area contributed by atoms with Crippen molar-refractivity contribution in [2.45, 2.75) is 106 Å². The first-order chi connectivity index (χ1) is 29.0. The molecule has 0 aliphatic heterocycles. The van der Waals surface area contributed by atoms with Crippen molar-refractivity contribution in [2.75, 3.05) is 0 Å². The van der Waals surface area contributed by atoms with E-state index in [2.05, 4.69) is 129 Å². The van der Waals surface area contributed by atoms with Crippen LogP contribution in [-0.4, -0.2) is 19.9 Å². The van der Waals surface area contributed by atoms with Crippen molar-refractivity contribution in [1.29, 1.82) is 0 Å². The average molecular weight is 797 g/mol. The molecule has 7 rings (SSSR count). The summed E-state index contributed by atoms with van der Waals surface area (Å²) in [6.45, 7) is 19.6. The fraction of sp³-hybridized carbons (Fsp3) is 0.296. The average Bonchev–Trinajstić information content (AvgIpc) is 3.25. The monoisotopic (exact) mass is 796 g/mol. The Labute approximate surface area is 358 Å². The highest BCUT2D eigenvalue weighted by Crippen LogP contribution is 2.35. The van der Waals surface area contributed by atoms with Crippen LogP contribution in [0, 0.1) is 20.8 Å². The summed E-state index contributed by atoms with van der Waals surface area (Å²) in [7, 11) is 0. The van der Waals surface area contributed by atoms with E-state index in [1.807, 2.05) is 68.4 Å². The maximum atomic E-state index is 6.12. The lowest BCUT2D eigenvalue weighted by Gasteiger charge is -2.26. The number of aromatic nitrogens is 4. The predicted molar refractivity (Wildman–Crippen MR) is 246 cm³/mol. The van der Waals surface area contributed by atoms with Gasteiger partial charge in [-0.3, -0.25) is 0 Å². The molecule has 0 bridgehead atoms. The quantitative estimate of drug-likeness (QED) is 0.109. The molecule has 308 valence electrons. The van der Waals surface area contributed by atoms with E-state index in [4.69, 9.17) is 9.47 Å². The molecule has 0 N–H and O–H groups in total. The lowest BCUT2D eigenvalue weighted by atomic mass is 9.78. The number of hydrogen-bond donors (Lipinski definition) is 0.